The van der Waals surface area contributed by atoms with E-state index in [2.05, 4.69) is 5.32 Å². The number of nitrogens with zero attached hydrogens (tertiary/aromatic N) is 1. The van der Waals surface area contributed by atoms with Crippen molar-refractivity contribution in [3.8, 4) is 0 Å². The van der Waals surface area contributed by atoms with E-state index in [1.165, 1.54) is 13.0 Å². The van der Waals surface area contributed by atoms with E-state index in [-0.39, 0.29) is 42.2 Å². The number of nitrogens with one attached hydrogen (secondary N) is 1. The first-order chi connectivity index (χ1) is 11.8. The molecule has 5 nitrogen and oxygen atoms in total. The molecule has 1 aromatic rings. The summed E-state index contributed by atoms with van der Waals surface area (Å²) < 4.78 is 27.2. The fourth-order valence-corrected chi connectivity index (χ4v) is 4.08. The molecule has 1 heterocycles. The quantitative estimate of drug-likeness (QED) is 0.831. The predicted molar refractivity (Wildman–Crippen MR) is 95.6 cm³/mol. The van der Waals surface area contributed by atoms with Crippen molar-refractivity contribution in [3.63, 3.8) is 0 Å². The second kappa shape index (κ2) is 8.31. The minimum absolute atomic E-state index is 0. The highest BCUT2D eigenvalue weighted by atomic mass is 35.5. The Hall–Kier alpha value is -1.73. The average molecular weight is 388 g/mol. The van der Waals surface area contributed by atoms with Gasteiger partial charge < -0.3 is 16.0 Å². The largest absolute Gasteiger partial charge is 0.349 e. The molecule has 1 saturated heterocycles. The van der Waals surface area contributed by atoms with Crippen LogP contribution in [0.1, 0.15) is 37.8 Å². The maximum absolute atomic E-state index is 14.1. The zero-order valence-electron chi connectivity index (χ0n) is 14.6. The second-order valence-corrected chi connectivity index (χ2v) is 7.09. The number of nitrogens with two attached hydrogens (primary N) is 1. The highest BCUT2D eigenvalue weighted by Gasteiger charge is 2.42. The molecule has 3 rings (SSSR count). The van der Waals surface area contributed by atoms with Gasteiger partial charge in [-0.25, -0.2) is 8.78 Å². The monoisotopic (exact) mass is 387 g/mol. The maximum Gasteiger partial charge on any atom is 0.225 e. The lowest BCUT2D eigenvalue weighted by Gasteiger charge is -2.23. The van der Waals surface area contributed by atoms with Crippen molar-refractivity contribution in [1.29, 1.82) is 0 Å². The minimum atomic E-state index is -0.820. The van der Waals surface area contributed by atoms with Gasteiger partial charge in [0.15, 0.2) is 0 Å². The highest BCUT2D eigenvalue weighted by molar-refractivity contribution is 5.85. The van der Waals surface area contributed by atoms with Gasteiger partial charge in [-0.3, -0.25) is 9.59 Å². The molecule has 1 saturated carbocycles. The van der Waals surface area contributed by atoms with E-state index in [9.17, 15) is 18.4 Å². The van der Waals surface area contributed by atoms with Gasteiger partial charge in [-0.2, -0.15) is 0 Å². The number of carbonyl (C=O) groups excluding carboxylic acids is 2. The summed E-state index contributed by atoms with van der Waals surface area (Å²) in [6.45, 7) is 2.58. The van der Waals surface area contributed by atoms with Crippen LogP contribution in [0.2, 0.25) is 0 Å². The average Bonchev–Trinajstić information content (AvgIpc) is 3.09. The van der Waals surface area contributed by atoms with E-state index in [4.69, 9.17) is 5.73 Å². The first kappa shape index (κ1) is 20.6. The number of rotatable bonds is 4. The van der Waals surface area contributed by atoms with Crippen molar-refractivity contribution >= 4 is 24.2 Å². The van der Waals surface area contributed by atoms with Crippen molar-refractivity contribution in [2.45, 2.75) is 38.3 Å². The Kier molecular flexibility index (Phi) is 6.58. The summed E-state index contributed by atoms with van der Waals surface area (Å²) in [6, 6.07) is 2.46. The van der Waals surface area contributed by atoms with E-state index < -0.39 is 17.7 Å². The van der Waals surface area contributed by atoms with Gasteiger partial charge >= 0.3 is 0 Å². The van der Waals surface area contributed by atoms with E-state index in [0.29, 0.717) is 24.9 Å². The Morgan fingerprint density at radius 1 is 1.31 bits per heavy atom. The van der Waals surface area contributed by atoms with Gasteiger partial charge in [0.1, 0.15) is 11.6 Å². The molecule has 2 fully saturated rings. The normalized spacial score (nSPS) is 25.4. The van der Waals surface area contributed by atoms with Crippen LogP contribution in [0.5, 0.6) is 0 Å². The molecule has 1 aliphatic heterocycles. The number of benzene rings is 1. The summed E-state index contributed by atoms with van der Waals surface area (Å²) in [5, 5.41) is 2.60. The highest BCUT2D eigenvalue weighted by Crippen LogP contribution is 2.37. The Balaban J connectivity index is 0.00000243. The molecule has 4 unspecified atom stereocenters. The zero-order chi connectivity index (χ0) is 18.1. The molecule has 0 aromatic heterocycles. The molecule has 3 N–H and O–H groups in total. The Morgan fingerprint density at radius 2 is 2.04 bits per heavy atom. The summed E-state index contributed by atoms with van der Waals surface area (Å²) >= 11 is 0. The molecule has 1 aliphatic carbocycles. The van der Waals surface area contributed by atoms with Crippen molar-refractivity contribution in [2.75, 3.05) is 13.1 Å². The summed E-state index contributed by atoms with van der Waals surface area (Å²) in [7, 11) is 0. The van der Waals surface area contributed by atoms with Gasteiger partial charge in [-0.1, -0.05) is 6.07 Å². The van der Waals surface area contributed by atoms with E-state index in [1.54, 1.807) is 4.90 Å². The molecular weight excluding hydrogens is 364 g/mol. The van der Waals surface area contributed by atoms with Crippen LogP contribution < -0.4 is 11.1 Å². The van der Waals surface area contributed by atoms with Crippen LogP contribution in [0.3, 0.4) is 0 Å². The number of carbonyl (C=O) groups is 2. The lowest BCUT2D eigenvalue weighted by atomic mass is 9.98. The Morgan fingerprint density at radius 3 is 2.65 bits per heavy atom. The molecule has 2 amide bonds. The smallest absolute Gasteiger partial charge is 0.225 e. The number of halogens is 3. The molecular formula is C18H24ClF2N3O2. The summed E-state index contributed by atoms with van der Waals surface area (Å²) in [4.78, 5) is 25.9. The van der Waals surface area contributed by atoms with E-state index in [0.717, 1.165) is 25.0 Å². The summed E-state index contributed by atoms with van der Waals surface area (Å²) in [6.07, 6.45) is 1.96. The molecule has 144 valence electrons. The number of fused-ring (bicyclic) bond motifs is 1. The lowest BCUT2D eigenvalue weighted by Crippen LogP contribution is -2.37. The summed E-state index contributed by atoms with van der Waals surface area (Å²) in [5.41, 5.74) is 6.21. The number of amides is 2. The SMILES string of the molecule is CC(=O)NC(CC(=O)N1CC2CCC(N)C2C1)c1ccc(F)cc1F.Cl. The van der Waals surface area contributed by atoms with Crippen LogP contribution in [0.4, 0.5) is 8.78 Å². The molecule has 0 bridgehead atoms. The number of hydrogen-bond donors (Lipinski definition) is 2. The van der Waals surface area contributed by atoms with Crippen molar-refractivity contribution in [2.24, 2.45) is 17.6 Å². The number of likely N-dealkylation sites (tertiary alicyclic amines) is 1. The third kappa shape index (κ3) is 4.32. The van der Waals surface area contributed by atoms with Crippen molar-refractivity contribution in [3.05, 3.63) is 35.4 Å². The fraction of sp³-hybridized carbons (Fsp3) is 0.556. The Bertz CT molecular complexity index is 688. The van der Waals surface area contributed by atoms with Crippen LogP contribution in [0.25, 0.3) is 0 Å². The van der Waals surface area contributed by atoms with Gasteiger partial charge in [-0.15, -0.1) is 12.4 Å². The van der Waals surface area contributed by atoms with Gasteiger partial charge in [0.2, 0.25) is 11.8 Å². The fourth-order valence-electron chi connectivity index (χ4n) is 4.08. The molecule has 2 aliphatic rings. The van der Waals surface area contributed by atoms with Gasteiger partial charge in [0.25, 0.3) is 0 Å². The third-order valence-electron chi connectivity index (χ3n) is 5.36. The third-order valence-corrected chi connectivity index (χ3v) is 5.36. The van der Waals surface area contributed by atoms with Gasteiger partial charge in [0, 0.05) is 37.7 Å². The lowest BCUT2D eigenvalue weighted by molar-refractivity contribution is -0.131. The van der Waals surface area contributed by atoms with Crippen LogP contribution in [-0.4, -0.2) is 35.8 Å². The molecule has 0 radical (unpaired) electrons. The van der Waals surface area contributed by atoms with E-state index >= 15 is 0 Å². The topological polar surface area (TPSA) is 75.4 Å². The van der Waals surface area contributed by atoms with Crippen molar-refractivity contribution < 1.29 is 18.4 Å². The molecule has 26 heavy (non-hydrogen) atoms. The van der Waals surface area contributed by atoms with Crippen LogP contribution in [-0.2, 0) is 9.59 Å². The maximum atomic E-state index is 14.1. The van der Waals surface area contributed by atoms with E-state index in [1.807, 2.05) is 0 Å². The summed E-state index contributed by atoms with van der Waals surface area (Å²) in [5.74, 6) is -1.24. The number of hydrogen-bond acceptors (Lipinski definition) is 3. The second-order valence-electron chi connectivity index (χ2n) is 7.09. The molecule has 4 atom stereocenters. The Labute approximate surface area is 157 Å². The van der Waals surface area contributed by atoms with Gasteiger partial charge in [0.05, 0.1) is 12.5 Å². The van der Waals surface area contributed by atoms with Crippen molar-refractivity contribution in [1.82, 2.24) is 10.2 Å². The standard InChI is InChI=1S/C18H23F2N3O2.ClH/c1-10(24)22-17(13-4-3-12(19)6-15(13)20)7-18(25)23-8-11-2-5-16(21)14(11)9-23;/h3-4,6,11,14,16-17H,2,5,7-9,21H2,1H3,(H,22,24);1H. The van der Waals surface area contributed by atoms with Gasteiger partial charge in [-0.05, 0) is 30.7 Å². The first-order valence-corrected chi connectivity index (χ1v) is 8.60. The predicted octanol–water partition coefficient (Wildman–Crippen LogP) is 2.15. The van der Waals surface area contributed by atoms with Crippen LogP contribution in [0, 0.1) is 23.5 Å². The molecule has 8 heteroatoms. The van der Waals surface area contributed by atoms with Crippen LogP contribution in [0.15, 0.2) is 18.2 Å². The van der Waals surface area contributed by atoms with Crippen LogP contribution >= 0.6 is 12.4 Å². The first-order valence-electron chi connectivity index (χ1n) is 8.60. The minimum Gasteiger partial charge on any atom is -0.349 e. The zero-order valence-corrected chi connectivity index (χ0v) is 15.4. The molecule has 0 spiro atoms. The molecule has 1 aromatic carbocycles.